The van der Waals surface area contributed by atoms with E-state index in [0.29, 0.717) is 26.2 Å². The number of rotatable bonds is 3. The van der Waals surface area contributed by atoms with Gasteiger partial charge in [0.15, 0.2) is 0 Å². The van der Waals surface area contributed by atoms with Gasteiger partial charge in [0.25, 0.3) is 10.2 Å². The van der Waals surface area contributed by atoms with Gasteiger partial charge in [-0.2, -0.15) is 17.0 Å². The van der Waals surface area contributed by atoms with E-state index in [1.807, 2.05) is 0 Å². The maximum absolute atomic E-state index is 12.5. The Bertz CT molecular complexity index is 352. The summed E-state index contributed by atoms with van der Waals surface area (Å²) in [6, 6.07) is 0. The molecule has 7 heteroatoms. The van der Waals surface area contributed by atoms with Crippen molar-refractivity contribution in [3.05, 3.63) is 0 Å². The lowest BCUT2D eigenvalue weighted by Gasteiger charge is -2.34. The highest BCUT2D eigenvalue weighted by Crippen LogP contribution is 2.18. The largest absolute Gasteiger partial charge is 0.394 e. The smallest absolute Gasteiger partial charge is 0.282 e. The van der Waals surface area contributed by atoms with E-state index in [9.17, 15) is 8.42 Å². The molecule has 0 aromatic carbocycles. The monoisotopic (exact) mass is 278 g/mol. The lowest BCUT2D eigenvalue weighted by atomic mass is 10.2. The molecule has 1 N–H and O–H groups in total. The van der Waals surface area contributed by atoms with Crippen LogP contribution in [0.2, 0.25) is 0 Å². The second-order valence-electron chi connectivity index (χ2n) is 4.85. The average molecular weight is 278 g/mol. The normalized spacial score (nSPS) is 29.1. The zero-order valence-electron chi connectivity index (χ0n) is 10.6. The number of aliphatic hydroxyl groups excluding tert-OH is 1. The van der Waals surface area contributed by atoms with Crippen molar-refractivity contribution in [2.24, 2.45) is 0 Å². The molecule has 2 fully saturated rings. The Morgan fingerprint density at radius 1 is 1.06 bits per heavy atom. The summed E-state index contributed by atoms with van der Waals surface area (Å²) in [5.74, 6) is 0. The Hall–Kier alpha value is -0.210. The molecule has 6 nitrogen and oxygen atoms in total. The SMILES string of the molecule is O=S(=O)(N1CCCCCC1)N1CCOC(CO)C1. The van der Waals surface area contributed by atoms with Gasteiger partial charge in [-0.15, -0.1) is 0 Å². The Morgan fingerprint density at radius 3 is 2.33 bits per heavy atom. The first-order chi connectivity index (χ1) is 8.64. The van der Waals surface area contributed by atoms with Gasteiger partial charge in [0.1, 0.15) is 0 Å². The molecule has 2 aliphatic heterocycles. The third-order valence-corrected chi connectivity index (χ3v) is 5.52. The summed E-state index contributed by atoms with van der Waals surface area (Å²) >= 11 is 0. The van der Waals surface area contributed by atoms with Gasteiger partial charge >= 0.3 is 0 Å². The van der Waals surface area contributed by atoms with E-state index in [-0.39, 0.29) is 19.3 Å². The molecular formula is C11H22N2O4S. The molecule has 0 bridgehead atoms. The van der Waals surface area contributed by atoms with Crippen molar-refractivity contribution in [2.75, 3.05) is 39.4 Å². The number of hydrogen-bond donors (Lipinski definition) is 1. The molecule has 2 heterocycles. The molecule has 1 unspecified atom stereocenters. The van der Waals surface area contributed by atoms with Gasteiger partial charge in [-0.25, -0.2) is 0 Å². The number of ether oxygens (including phenoxy) is 1. The van der Waals surface area contributed by atoms with Gasteiger partial charge < -0.3 is 9.84 Å². The third kappa shape index (κ3) is 3.21. The summed E-state index contributed by atoms with van der Waals surface area (Å²) in [5, 5.41) is 9.07. The summed E-state index contributed by atoms with van der Waals surface area (Å²) in [5.41, 5.74) is 0. The van der Waals surface area contributed by atoms with Crippen LogP contribution in [-0.4, -0.2) is 67.6 Å². The van der Waals surface area contributed by atoms with Crippen molar-refractivity contribution in [3.63, 3.8) is 0 Å². The predicted octanol–water partition coefficient (Wildman–Crippen LogP) is -0.200. The topological polar surface area (TPSA) is 70.1 Å². The highest BCUT2D eigenvalue weighted by atomic mass is 32.2. The third-order valence-electron chi connectivity index (χ3n) is 3.52. The lowest BCUT2D eigenvalue weighted by Crippen LogP contribution is -2.52. The number of nitrogens with zero attached hydrogens (tertiary/aromatic N) is 2. The highest BCUT2D eigenvalue weighted by molar-refractivity contribution is 7.86. The molecule has 2 rings (SSSR count). The van der Waals surface area contributed by atoms with Crippen LogP contribution < -0.4 is 0 Å². The van der Waals surface area contributed by atoms with Crippen molar-refractivity contribution in [2.45, 2.75) is 31.8 Å². The van der Waals surface area contributed by atoms with E-state index in [4.69, 9.17) is 9.84 Å². The second kappa shape index (κ2) is 6.29. The molecule has 2 saturated heterocycles. The van der Waals surface area contributed by atoms with E-state index < -0.39 is 10.2 Å². The van der Waals surface area contributed by atoms with Crippen LogP contribution in [0.15, 0.2) is 0 Å². The fourth-order valence-corrected chi connectivity index (χ4v) is 4.15. The molecule has 0 aromatic rings. The van der Waals surface area contributed by atoms with E-state index in [2.05, 4.69) is 0 Å². The zero-order chi connectivity index (χ0) is 13.0. The molecule has 0 spiro atoms. The van der Waals surface area contributed by atoms with Crippen LogP contribution in [0.25, 0.3) is 0 Å². The van der Waals surface area contributed by atoms with Gasteiger partial charge in [-0.1, -0.05) is 12.8 Å². The van der Waals surface area contributed by atoms with Crippen LogP contribution >= 0.6 is 0 Å². The molecule has 18 heavy (non-hydrogen) atoms. The summed E-state index contributed by atoms with van der Waals surface area (Å²) < 4.78 is 33.3. The zero-order valence-corrected chi connectivity index (χ0v) is 11.4. The molecule has 0 radical (unpaired) electrons. The van der Waals surface area contributed by atoms with Gasteiger partial charge in [0.2, 0.25) is 0 Å². The van der Waals surface area contributed by atoms with Crippen LogP contribution in [0.4, 0.5) is 0 Å². The van der Waals surface area contributed by atoms with Crippen molar-refractivity contribution in [3.8, 4) is 0 Å². The minimum absolute atomic E-state index is 0.133. The lowest BCUT2D eigenvalue weighted by molar-refractivity contribution is -0.0317. The quantitative estimate of drug-likeness (QED) is 0.776. The minimum atomic E-state index is -3.38. The maximum Gasteiger partial charge on any atom is 0.282 e. The van der Waals surface area contributed by atoms with E-state index in [0.717, 1.165) is 25.7 Å². The van der Waals surface area contributed by atoms with Crippen LogP contribution in [0.3, 0.4) is 0 Å². The first-order valence-corrected chi connectivity index (χ1v) is 8.02. The van der Waals surface area contributed by atoms with Crippen molar-refractivity contribution in [1.29, 1.82) is 0 Å². The Kier molecular flexibility index (Phi) is 4.97. The number of hydrogen-bond acceptors (Lipinski definition) is 4. The van der Waals surface area contributed by atoms with Crippen molar-refractivity contribution >= 4 is 10.2 Å². The van der Waals surface area contributed by atoms with Crippen LogP contribution in [-0.2, 0) is 14.9 Å². The fourth-order valence-electron chi connectivity index (χ4n) is 2.45. The van der Waals surface area contributed by atoms with Crippen LogP contribution in [0.1, 0.15) is 25.7 Å². The number of aliphatic hydroxyl groups is 1. The molecule has 1 atom stereocenters. The Morgan fingerprint density at radius 2 is 1.72 bits per heavy atom. The molecule has 0 aliphatic carbocycles. The Balaban J connectivity index is 2.04. The average Bonchev–Trinajstić information content (AvgIpc) is 2.68. The Labute approximate surface area is 109 Å². The minimum Gasteiger partial charge on any atom is -0.394 e. The second-order valence-corrected chi connectivity index (χ2v) is 6.78. The summed E-state index contributed by atoms with van der Waals surface area (Å²) in [4.78, 5) is 0. The predicted molar refractivity (Wildman–Crippen MR) is 67.4 cm³/mol. The summed E-state index contributed by atoms with van der Waals surface area (Å²) in [7, 11) is -3.38. The first-order valence-electron chi connectivity index (χ1n) is 6.62. The number of morpholine rings is 1. The summed E-state index contributed by atoms with van der Waals surface area (Å²) in [6.07, 6.45) is 3.70. The van der Waals surface area contributed by atoms with E-state index in [1.54, 1.807) is 4.31 Å². The van der Waals surface area contributed by atoms with Crippen LogP contribution in [0.5, 0.6) is 0 Å². The standard InChI is InChI=1S/C11H22N2O4S/c14-10-11-9-13(7-8-17-11)18(15,16)12-5-3-1-2-4-6-12/h11,14H,1-10H2. The maximum atomic E-state index is 12.5. The van der Waals surface area contributed by atoms with E-state index >= 15 is 0 Å². The van der Waals surface area contributed by atoms with Gasteiger partial charge in [0, 0.05) is 26.2 Å². The van der Waals surface area contributed by atoms with Crippen molar-refractivity contribution in [1.82, 2.24) is 8.61 Å². The van der Waals surface area contributed by atoms with Gasteiger partial charge in [-0.05, 0) is 12.8 Å². The van der Waals surface area contributed by atoms with Crippen molar-refractivity contribution < 1.29 is 18.3 Å². The molecule has 2 aliphatic rings. The fraction of sp³-hybridized carbons (Fsp3) is 1.00. The van der Waals surface area contributed by atoms with E-state index in [1.165, 1.54) is 4.31 Å². The highest BCUT2D eigenvalue weighted by Gasteiger charge is 2.33. The molecule has 0 aromatic heterocycles. The molecule has 106 valence electrons. The molecular weight excluding hydrogens is 256 g/mol. The molecule has 0 saturated carbocycles. The van der Waals surface area contributed by atoms with Crippen LogP contribution in [0, 0.1) is 0 Å². The van der Waals surface area contributed by atoms with Gasteiger partial charge in [-0.3, -0.25) is 0 Å². The molecule has 0 amide bonds. The van der Waals surface area contributed by atoms with Gasteiger partial charge in [0.05, 0.1) is 19.3 Å². The first kappa shape index (κ1) is 14.2. The summed E-state index contributed by atoms with van der Waals surface area (Å²) in [6.45, 7) is 2.10.